The summed E-state index contributed by atoms with van der Waals surface area (Å²) in [4.78, 5) is 14.9. The van der Waals surface area contributed by atoms with E-state index in [0.29, 0.717) is 6.42 Å². The molecule has 0 aromatic rings. The quantitative estimate of drug-likeness (QED) is 0.600. The highest BCUT2D eigenvalue weighted by molar-refractivity contribution is 6.21. The summed E-state index contributed by atoms with van der Waals surface area (Å²) in [5.41, 5.74) is 10.5. The molecule has 1 amide bonds. The zero-order valence-electron chi connectivity index (χ0n) is 8.16. The van der Waals surface area contributed by atoms with Gasteiger partial charge >= 0.3 is 0 Å². The molecule has 78 valence electrons. The molecule has 14 heavy (non-hydrogen) atoms. The van der Waals surface area contributed by atoms with Crippen molar-refractivity contribution in [1.82, 2.24) is 0 Å². The summed E-state index contributed by atoms with van der Waals surface area (Å²) in [6.45, 7) is 2.04. The number of aliphatic imine (C=N–C) groups is 1. The summed E-state index contributed by atoms with van der Waals surface area (Å²) < 4.78 is 0. The first-order valence-electron chi connectivity index (χ1n) is 4.64. The summed E-state index contributed by atoms with van der Waals surface area (Å²) in [6.07, 6.45) is 2.63. The van der Waals surface area contributed by atoms with E-state index in [2.05, 4.69) is 4.99 Å². The zero-order valence-corrected chi connectivity index (χ0v) is 8.16. The zero-order chi connectivity index (χ0) is 10.7. The van der Waals surface area contributed by atoms with E-state index in [1.54, 1.807) is 0 Å². The average molecular weight is 197 g/mol. The first-order chi connectivity index (χ1) is 6.57. The lowest BCUT2D eigenvalue weighted by molar-refractivity contribution is -0.114. The van der Waals surface area contributed by atoms with Crippen LogP contribution in [0.5, 0.6) is 0 Å². The molecule has 1 aliphatic heterocycles. The molecule has 1 atom stereocenters. The number of rotatable bonds is 4. The Morgan fingerprint density at radius 3 is 2.71 bits per heavy atom. The van der Waals surface area contributed by atoms with Gasteiger partial charge in [-0.2, -0.15) is 0 Å². The van der Waals surface area contributed by atoms with Crippen LogP contribution in [0.2, 0.25) is 0 Å². The first kappa shape index (κ1) is 10.6. The predicted molar refractivity (Wildman–Crippen MR) is 53.8 cm³/mol. The summed E-state index contributed by atoms with van der Waals surface area (Å²) in [6, 6.07) is -0.377. The number of carbonyl (C=O) groups is 1. The van der Waals surface area contributed by atoms with Crippen molar-refractivity contribution < 1.29 is 9.90 Å². The number of carbonyl (C=O) groups excluding carboxylic acids is 1. The second-order valence-corrected chi connectivity index (χ2v) is 3.30. The van der Waals surface area contributed by atoms with Crippen LogP contribution >= 0.6 is 0 Å². The van der Waals surface area contributed by atoms with E-state index in [0.717, 1.165) is 12.8 Å². The SMILES string of the molecule is CCCCC1N=C(N)C(C(N)=O)=C1O. The molecule has 0 saturated heterocycles. The third kappa shape index (κ3) is 1.86. The molecule has 5 heteroatoms. The third-order valence-electron chi connectivity index (χ3n) is 2.20. The Labute approximate surface area is 82.5 Å². The number of unbranched alkanes of at least 4 members (excludes halogenated alkanes) is 1. The molecule has 0 bridgehead atoms. The molecule has 5 N–H and O–H groups in total. The predicted octanol–water partition coefficient (Wildman–Crippen LogP) is 0.213. The minimum atomic E-state index is -0.720. The van der Waals surface area contributed by atoms with Crippen LogP contribution in [0.25, 0.3) is 0 Å². The first-order valence-corrected chi connectivity index (χ1v) is 4.64. The van der Waals surface area contributed by atoms with Crippen molar-refractivity contribution in [3.8, 4) is 0 Å². The van der Waals surface area contributed by atoms with Gasteiger partial charge < -0.3 is 16.6 Å². The fourth-order valence-electron chi connectivity index (χ4n) is 1.44. The van der Waals surface area contributed by atoms with Crippen LogP contribution in [0, 0.1) is 0 Å². The lowest BCUT2D eigenvalue weighted by Crippen LogP contribution is -2.25. The highest BCUT2D eigenvalue weighted by Crippen LogP contribution is 2.21. The minimum Gasteiger partial charge on any atom is -0.509 e. The van der Waals surface area contributed by atoms with Crippen LogP contribution < -0.4 is 11.5 Å². The monoisotopic (exact) mass is 197 g/mol. The molecule has 0 radical (unpaired) electrons. The van der Waals surface area contributed by atoms with Gasteiger partial charge in [0.1, 0.15) is 23.2 Å². The lowest BCUT2D eigenvalue weighted by Gasteiger charge is -2.05. The third-order valence-corrected chi connectivity index (χ3v) is 2.20. The molecule has 1 rings (SSSR count). The number of amidine groups is 1. The molecule has 5 nitrogen and oxygen atoms in total. The van der Waals surface area contributed by atoms with Crippen molar-refractivity contribution in [2.24, 2.45) is 16.5 Å². The van der Waals surface area contributed by atoms with Gasteiger partial charge in [0.2, 0.25) is 0 Å². The van der Waals surface area contributed by atoms with Gasteiger partial charge in [-0.05, 0) is 6.42 Å². The van der Waals surface area contributed by atoms with Crippen LogP contribution in [0.1, 0.15) is 26.2 Å². The van der Waals surface area contributed by atoms with E-state index in [1.165, 1.54) is 0 Å². The van der Waals surface area contributed by atoms with Gasteiger partial charge in [-0.25, -0.2) is 0 Å². The van der Waals surface area contributed by atoms with Crippen molar-refractivity contribution in [3.63, 3.8) is 0 Å². The fraction of sp³-hybridized carbons (Fsp3) is 0.556. The fourth-order valence-corrected chi connectivity index (χ4v) is 1.44. The molecule has 0 aromatic heterocycles. The summed E-state index contributed by atoms with van der Waals surface area (Å²) in [5.74, 6) is -0.748. The standard InChI is InChI=1S/C9H15N3O2/c1-2-3-4-5-7(13)6(9(11)14)8(10)12-5/h5,13H,2-4H2,1H3,(H2,10,12)(H2,11,14). The van der Waals surface area contributed by atoms with Crippen molar-refractivity contribution in [1.29, 1.82) is 0 Å². The number of aliphatic hydroxyl groups is 1. The Balaban J connectivity index is 2.80. The number of aliphatic hydroxyl groups excluding tert-OH is 1. The maximum absolute atomic E-state index is 10.9. The number of nitrogens with two attached hydrogens (primary N) is 2. The Bertz CT molecular complexity index is 307. The molecule has 0 aromatic carbocycles. The largest absolute Gasteiger partial charge is 0.509 e. The Morgan fingerprint density at radius 1 is 1.64 bits per heavy atom. The molecule has 1 heterocycles. The molecular weight excluding hydrogens is 182 g/mol. The summed E-state index contributed by atoms with van der Waals surface area (Å²) in [5, 5.41) is 9.60. The van der Waals surface area contributed by atoms with Crippen LogP contribution in [-0.4, -0.2) is 22.9 Å². The highest BCUT2D eigenvalue weighted by Gasteiger charge is 2.29. The van der Waals surface area contributed by atoms with Crippen molar-refractivity contribution >= 4 is 11.7 Å². The molecule has 0 spiro atoms. The minimum absolute atomic E-state index is 0.0221. The van der Waals surface area contributed by atoms with Gasteiger partial charge in [0.25, 0.3) is 5.91 Å². The van der Waals surface area contributed by atoms with Crippen LogP contribution in [0.3, 0.4) is 0 Å². The van der Waals surface area contributed by atoms with Crippen molar-refractivity contribution in [2.75, 3.05) is 0 Å². The second-order valence-electron chi connectivity index (χ2n) is 3.30. The molecule has 1 unspecified atom stereocenters. The number of primary amides is 1. The normalized spacial score (nSPS) is 21.2. The number of hydrogen-bond acceptors (Lipinski definition) is 4. The van der Waals surface area contributed by atoms with Gasteiger partial charge in [0, 0.05) is 0 Å². The van der Waals surface area contributed by atoms with E-state index in [4.69, 9.17) is 11.5 Å². The van der Waals surface area contributed by atoms with Gasteiger partial charge in [-0.1, -0.05) is 19.8 Å². The number of amides is 1. The summed E-state index contributed by atoms with van der Waals surface area (Å²) in [7, 11) is 0. The maximum atomic E-state index is 10.9. The Morgan fingerprint density at radius 2 is 2.29 bits per heavy atom. The average Bonchev–Trinajstić information content (AvgIpc) is 2.38. The van der Waals surface area contributed by atoms with E-state index in [-0.39, 0.29) is 23.2 Å². The lowest BCUT2D eigenvalue weighted by atomic mass is 10.1. The van der Waals surface area contributed by atoms with Crippen molar-refractivity contribution in [2.45, 2.75) is 32.2 Å². The van der Waals surface area contributed by atoms with Gasteiger partial charge in [-0.3, -0.25) is 9.79 Å². The molecule has 0 saturated carbocycles. The Hall–Kier alpha value is -1.52. The van der Waals surface area contributed by atoms with Gasteiger partial charge in [0.15, 0.2) is 0 Å². The van der Waals surface area contributed by atoms with Crippen LogP contribution in [-0.2, 0) is 4.79 Å². The van der Waals surface area contributed by atoms with Crippen LogP contribution in [0.4, 0.5) is 0 Å². The van der Waals surface area contributed by atoms with Gasteiger partial charge in [0.05, 0.1) is 0 Å². The van der Waals surface area contributed by atoms with E-state index in [1.807, 2.05) is 6.92 Å². The molecular formula is C9H15N3O2. The molecule has 1 aliphatic rings. The van der Waals surface area contributed by atoms with Crippen molar-refractivity contribution in [3.05, 3.63) is 11.3 Å². The number of nitrogens with zero attached hydrogens (tertiary/aromatic N) is 1. The van der Waals surface area contributed by atoms with E-state index >= 15 is 0 Å². The molecule has 0 aliphatic carbocycles. The topological polar surface area (TPSA) is 102 Å². The molecule has 0 fully saturated rings. The van der Waals surface area contributed by atoms with E-state index < -0.39 is 5.91 Å². The maximum Gasteiger partial charge on any atom is 0.255 e. The second kappa shape index (κ2) is 4.13. The Kier molecular flexibility index (Phi) is 3.11. The highest BCUT2D eigenvalue weighted by atomic mass is 16.3. The number of hydrogen-bond donors (Lipinski definition) is 3. The summed E-state index contributed by atoms with van der Waals surface area (Å²) >= 11 is 0. The van der Waals surface area contributed by atoms with E-state index in [9.17, 15) is 9.90 Å². The van der Waals surface area contributed by atoms with Gasteiger partial charge in [-0.15, -0.1) is 0 Å². The smallest absolute Gasteiger partial charge is 0.255 e. The van der Waals surface area contributed by atoms with Crippen LogP contribution in [0.15, 0.2) is 16.3 Å².